The van der Waals surface area contributed by atoms with E-state index in [-0.39, 0.29) is 28.6 Å². The maximum Gasteiger partial charge on any atom is 0.134 e. The number of aromatic nitrogens is 1. The van der Waals surface area contributed by atoms with Gasteiger partial charge in [-0.2, -0.15) is 0 Å². The van der Waals surface area contributed by atoms with E-state index in [1.165, 1.54) is 5.56 Å². The molecular formula is C68H67N3O. The number of nitrogens with one attached hydrogen (secondary N) is 1. The maximum absolute atomic E-state index is 12.6. The van der Waals surface area contributed by atoms with Crippen LogP contribution in [-0.4, -0.2) is 10.1 Å². The number of hydrogen-bond donors (Lipinski definition) is 2. The SMILES string of the molecule is [2H]C([2H])([2H])c1cc(N2c3cccc(-c4cc(-c5ccccc5)cc(-c5cc(-c6ccc(C([2H])(C)C)cc6)ccn5)c4)c3NC2c2cc(C(C)C)cc(C(C)C)c2O)c(-c2ccc(C(C)(C)C)cc2)cc1-c1ccccc1. The first-order valence-corrected chi connectivity index (χ1v) is 25.3. The molecular weight excluding hydrogens is 875 g/mol. The van der Waals surface area contributed by atoms with Gasteiger partial charge in [-0.05, 0) is 157 Å². The first-order valence-electron chi connectivity index (χ1n) is 27.3. The number of phenols is 1. The van der Waals surface area contributed by atoms with Crippen molar-refractivity contribution >= 4 is 17.1 Å². The summed E-state index contributed by atoms with van der Waals surface area (Å²) in [5, 5.41) is 16.6. The van der Waals surface area contributed by atoms with Crippen LogP contribution in [0.1, 0.15) is 125 Å². The molecule has 0 bridgehead atoms. The Morgan fingerprint density at radius 1 is 0.542 bits per heavy atom. The van der Waals surface area contributed by atoms with Crippen molar-refractivity contribution in [3.05, 3.63) is 222 Å². The van der Waals surface area contributed by atoms with E-state index in [1.54, 1.807) is 0 Å². The monoisotopic (exact) mass is 946 g/mol. The fourth-order valence-corrected chi connectivity index (χ4v) is 10.2. The topological polar surface area (TPSA) is 48.4 Å². The highest BCUT2D eigenvalue weighted by molar-refractivity contribution is 5.99. The highest BCUT2D eigenvalue weighted by Crippen LogP contribution is 2.55. The van der Waals surface area contributed by atoms with Crippen LogP contribution in [-0.2, 0) is 5.41 Å². The lowest BCUT2D eigenvalue weighted by Crippen LogP contribution is -2.25. The van der Waals surface area contributed by atoms with Crippen LogP contribution in [0, 0.1) is 6.85 Å². The second-order valence-electron chi connectivity index (χ2n) is 21.3. The van der Waals surface area contributed by atoms with Crippen molar-refractivity contribution in [3.8, 4) is 72.6 Å². The van der Waals surface area contributed by atoms with E-state index in [0.717, 1.165) is 89.4 Å². The number of nitrogens with zero attached hydrogens (tertiary/aromatic N) is 2. The third-order valence-corrected chi connectivity index (χ3v) is 14.4. The van der Waals surface area contributed by atoms with Crippen molar-refractivity contribution in [1.82, 2.24) is 4.98 Å². The molecule has 2 heterocycles. The molecule has 4 heteroatoms. The first kappa shape index (κ1) is 43.1. The Balaban J connectivity index is 1.23. The fraction of sp³-hybridized carbons (Fsp3) is 0.221. The van der Waals surface area contributed by atoms with Gasteiger partial charge in [-0.25, -0.2) is 0 Å². The Bertz CT molecular complexity index is 3570. The largest absolute Gasteiger partial charge is 0.507 e. The van der Waals surface area contributed by atoms with Gasteiger partial charge in [-0.1, -0.05) is 190 Å². The van der Waals surface area contributed by atoms with Crippen LogP contribution in [0.5, 0.6) is 5.75 Å². The summed E-state index contributed by atoms with van der Waals surface area (Å²) in [5.41, 5.74) is 18.4. The van der Waals surface area contributed by atoms with Gasteiger partial charge in [0.25, 0.3) is 0 Å². The number of phenolic OH excluding ortho intramolecular Hbond substituents is 1. The van der Waals surface area contributed by atoms with Crippen molar-refractivity contribution in [2.45, 2.75) is 98.5 Å². The zero-order valence-corrected chi connectivity index (χ0v) is 43.0. The van der Waals surface area contributed by atoms with Crippen LogP contribution < -0.4 is 10.2 Å². The molecule has 0 spiro atoms. The summed E-state index contributed by atoms with van der Waals surface area (Å²) in [4.78, 5) is 7.20. The Morgan fingerprint density at radius 3 is 1.83 bits per heavy atom. The molecule has 0 saturated carbocycles. The third kappa shape index (κ3) is 9.35. The van der Waals surface area contributed by atoms with Crippen LogP contribution in [0.25, 0.3) is 66.9 Å². The molecule has 2 N–H and O–H groups in total. The van der Waals surface area contributed by atoms with E-state index in [0.29, 0.717) is 16.8 Å². The number of aromatic hydroxyl groups is 1. The molecule has 1 aliphatic heterocycles. The zero-order valence-electron chi connectivity index (χ0n) is 47.0. The predicted octanol–water partition coefficient (Wildman–Crippen LogP) is 19.0. The molecule has 9 aromatic rings. The van der Waals surface area contributed by atoms with Gasteiger partial charge in [0.15, 0.2) is 0 Å². The molecule has 1 aliphatic rings. The molecule has 0 fully saturated rings. The Kier molecular flexibility index (Phi) is 11.7. The van der Waals surface area contributed by atoms with Gasteiger partial charge in [0.1, 0.15) is 11.9 Å². The van der Waals surface area contributed by atoms with Gasteiger partial charge in [-0.15, -0.1) is 0 Å². The Labute approximate surface area is 433 Å². The smallest absolute Gasteiger partial charge is 0.134 e. The molecule has 10 rings (SSSR count). The average Bonchev–Trinajstić information content (AvgIpc) is 3.84. The quantitative estimate of drug-likeness (QED) is 0.136. The summed E-state index contributed by atoms with van der Waals surface area (Å²) < 4.78 is 35.9. The summed E-state index contributed by atoms with van der Waals surface area (Å²) in [6.07, 6.45) is 1.19. The second kappa shape index (κ2) is 19.5. The lowest BCUT2D eigenvalue weighted by Gasteiger charge is -2.32. The van der Waals surface area contributed by atoms with Gasteiger partial charge in [0.2, 0.25) is 0 Å². The summed E-state index contributed by atoms with van der Waals surface area (Å²) in [5.74, 6) is -0.309. The zero-order chi connectivity index (χ0) is 53.8. The minimum Gasteiger partial charge on any atom is -0.507 e. The molecule has 1 unspecified atom stereocenters. The summed E-state index contributed by atoms with van der Waals surface area (Å²) in [6.45, 7) is 16.5. The number of fused-ring (bicyclic) bond motifs is 1. The molecule has 0 amide bonds. The van der Waals surface area contributed by atoms with Crippen molar-refractivity contribution < 1.29 is 10.6 Å². The molecule has 1 aromatic heterocycles. The third-order valence-electron chi connectivity index (χ3n) is 14.4. The minimum absolute atomic E-state index is 0.0236. The molecule has 4 nitrogen and oxygen atoms in total. The van der Waals surface area contributed by atoms with Gasteiger partial charge in [0.05, 0.1) is 22.8 Å². The van der Waals surface area contributed by atoms with E-state index in [2.05, 4.69) is 180 Å². The van der Waals surface area contributed by atoms with Crippen LogP contribution in [0.15, 0.2) is 188 Å². The Hall–Kier alpha value is -7.69. The van der Waals surface area contributed by atoms with Crippen LogP contribution in [0.2, 0.25) is 0 Å². The van der Waals surface area contributed by atoms with Gasteiger partial charge in [0, 0.05) is 33.9 Å². The molecule has 0 saturated heterocycles. The standard InChI is InChI=1S/C68H67N3O/c1-42(2)46-24-26-48(27-25-46)51-32-33-69-62(40-51)55-36-53(47-18-13-11-14-19-47)35-54(37-55)57-22-17-23-63-65(57)70-67(61-39-52(43(3)4)38-58(44(5)6)66(61)72)71(63)64-34-45(7)59(49-20-15-12-16-21-49)41-60(64)50-28-30-56(31-29-50)68(8,9)10/h11-44,67,70,72H,1-10H3/i7D3,42D. The van der Waals surface area contributed by atoms with E-state index < -0.39 is 18.9 Å². The van der Waals surface area contributed by atoms with Crippen LogP contribution in [0.4, 0.5) is 17.1 Å². The number of aryl methyl sites for hydroxylation is 1. The van der Waals surface area contributed by atoms with E-state index in [9.17, 15) is 5.11 Å². The lowest BCUT2D eigenvalue weighted by molar-refractivity contribution is 0.453. The molecule has 360 valence electrons. The van der Waals surface area contributed by atoms with Crippen molar-refractivity contribution in [2.75, 3.05) is 10.2 Å². The van der Waals surface area contributed by atoms with Crippen molar-refractivity contribution in [2.24, 2.45) is 0 Å². The fourth-order valence-electron chi connectivity index (χ4n) is 10.2. The molecule has 1 atom stereocenters. The van der Waals surface area contributed by atoms with E-state index in [4.69, 9.17) is 10.5 Å². The van der Waals surface area contributed by atoms with E-state index in [1.807, 2.05) is 80.7 Å². The summed E-state index contributed by atoms with van der Waals surface area (Å²) in [7, 11) is 0. The van der Waals surface area contributed by atoms with Crippen LogP contribution >= 0.6 is 0 Å². The lowest BCUT2D eigenvalue weighted by atomic mass is 9.85. The minimum atomic E-state index is -2.48. The van der Waals surface area contributed by atoms with Crippen molar-refractivity contribution in [1.29, 1.82) is 0 Å². The van der Waals surface area contributed by atoms with Gasteiger partial charge < -0.3 is 15.3 Å². The van der Waals surface area contributed by atoms with Gasteiger partial charge >= 0.3 is 0 Å². The Morgan fingerprint density at radius 2 is 1.18 bits per heavy atom. The highest BCUT2D eigenvalue weighted by Gasteiger charge is 2.37. The number of rotatable bonds is 11. The average molecular weight is 946 g/mol. The van der Waals surface area contributed by atoms with Gasteiger partial charge in [-0.3, -0.25) is 4.98 Å². The number of pyridine rings is 1. The van der Waals surface area contributed by atoms with Crippen LogP contribution in [0.3, 0.4) is 0 Å². The second-order valence-corrected chi connectivity index (χ2v) is 21.3. The maximum atomic E-state index is 12.6. The molecule has 0 radical (unpaired) electrons. The normalized spacial score (nSPS) is 14.7. The number of benzene rings is 8. The first-order chi connectivity index (χ1) is 36.1. The summed E-state index contributed by atoms with van der Waals surface area (Å²) in [6, 6.07) is 62.4. The molecule has 72 heavy (non-hydrogen) atoms. The number of para-hydroxylation sites is 1. The molecule has 8 aromatic carbocycles. The van der Waals surface area contributed by atoms with Crippen molar-refractivity contribution in [3.63, 3.8) is 0 Å². The van der Waals surface area contributed by atoms with E-state index >= 15 is 0 Å². The highest BCUT2D eigenvalue weighted by atomic mass is 16.3. The number of hydrogen-bond acceptors (Lipinski definition) is 4. The molecule has 0 aliphatic carbocycles. The summed E-state index contributed by atoms with van der Waals surface area (Å²) >= 11 is 0. The number of anilines is 3. The predicted molar refractivity (Wildman–Crippen MR) is 306 cm³/mol.